The molecule has 0 aromatic heterocycles. The number of nitrogens with one attached hydrogen (secondary N) is 1. The van der Waals surface area contributed by atoms with Crippen LogP contribution in [-0.4, -0.2) is 25.8 Å². The fourth-order valence-electron chi connectivity index (χ4n) is 2.31. The van der Waals surface area contributed by atoms with Crippen molar-refractivity contribution in [2.24, 2.45) is 0 Å². The van der Waals surface area contributed by atoms with Crippen molar-refractivity contribution in [1.82, 2.24) is 5.32 Å². The largest absolute Gasteiger partial charge is 0.380 e. The van der Waals surface area contributed by atoms with Crippen LogP contribution in [0.4, 0.5) is 4.39 Å². The van der Waals surface area contributed by atoms with Gasteiger partial charge in [-0.2, -0.15) is 0 Å². The van der Waals surface area contributed by atoms with Gasteiger partial charge in [0.25, 0.3) is 0 Å². The van der Waals surface area contributed by atoms with Gasteiger partial charge in [0.15, 0.2) is 0 Å². The number of ether oxygens (including phenoxy) is 1. The summed E-state index contributed by atoms with van der Waals surface area (Å²) in [5.74, 6) is -0.248. The second-order valence-electron chi connectivity index (χ2n) is 4.63. The molecule has 0 spiro atoms. The topological polar surface area (TPSA) is 21.3 Å². The van der Waals surface area contributed by atoms with Crippen LogP contribution in [0.5, 0.6) is 0 Å². The predicted molar refractivity (Wildman–Crippen MR) is 78.3 cm³/mol. The molecule has 1 aromatic carbocycles. The third-order valence-corrected chi connectivity index (χ3v) is 3.63. The SMILES string of the molecule is CCCC(OC)C(Cc1c(F)cccc1Cl)NCC. The fourth-order valence-corrected chi connectivity index (χ4v) is 2.55. The first kappa shape index (κ1) is 16.4. The lowest BCUT2D eigenvalue weighted by atomic mass is 9.97. The van der Waals surface area contributed by atoms with Gasteiger partial charge in [0, 0.05) is 23.7 Å². The molecule has 2 atom stereocenters. The Kier molecular flexibility index (Phi) is 7.36. The highest BCUT2D eigenvalue weighted by Gasteiger charge is 2.22. The summed E-state index contributed by atoms with van der Waals surface area (Å²) in [6, 6.07) is 4.88. The summed E-state index contributed by atoms with van der Waals surface area (Å²) < 4.78 is 19.4. The quantitative estimate of drug-likeness (QED) is 0.785. The Morgan fingerprint density at radius 2 is 2.11 bits per heavy atom. The second kappa shape index (κ2) is 8.51. The molecule has 0 aliphatic carbocycles. The Morgan fingerprint density at radius 3 is 2.63 bits per heavy atom. The molecule has 108 valence electrons. The lowest BCUT2D eigenvalue weighted by molar-refractivity contribution is 0.0611. The molecule has 0 aliphatic heterocycles. The zero-order valence-electron chi connectivity index (χ0n) is 11.9. The molecule has 0 saturated carbocycles. The molecule has 0 aliphatic rings. The molecular weight excluding hydrogens is 265 g/mol. The number of halogens is 2. The van der Waals surface area contributed by atoms with Gasteiger partial charge in [0.2, 0.25) is 0 Å². The summed E-state index contributed by atoms with van der Waals surface area (Å²) in [6.45, 7) is 4.97. The molecule has 4 heteroatoms. The average Bonchev–Trinajstić information content (AvgIpc) is 2.39. The monoisotopic (exact) mass is 287 g/mol. The van der Waals surface area contributed by atoms with E-state index in [1.54, 1.807) is 19.2 Å². The van der Waals surface area contributed by atoms with Gasteiger partial charge in [-0.1, -0.05) is 37.9 Å². The van der Waals surface area contributed by atoms with E-state index in [2.05, 4.69) is 12.2 Å². The minimum absolute atomic E-state index is 0.0700. The summed E-state index contributed by atoms with van der Waals surface area (Å²) in [5.41, 5.74) is 0.563. The van der Waals surface area contributed by atoms with Crippen LogP contribution in [0.1, 0.15) is 32.3 Å². The Morgan fingerprint density at radius 1 is 1.37 bits per heavy atom. The van der Waals surface area contributed by atoms with Crippen molar-refractivity contribution in [2.45, 2.75) is 45.3 Å². The van der Waals surface area contributed by atoms with Crippen LogP contribution in [0.15, 0.2) is 18.2 Å². The van der Waals surface area contributed by atoms with Gasteiger partial charge in [0.05, 0.1) is 6.10 Å². The van der Waals surface area contributed by atoms with Crippen LogP contribution in [0.2, 0.25) is 5.02 Å². The summed E-state index contributed by atoms with van der Waals surface area (Å²) in [5, 5.41) is 3.85. The lowest BCUT2D eigenvalue weighted by Crippen LogP contribution is -2.42. The molecular formula is C15H23ClFNO. The van der Waals surface area contributed by atoms with Crippen LogP contribution >= 0.6 is 11.6 Å². The summed E-state index contributed by atoms with van der Waals surface area (Å²) in [4.78, 5) is 0. The zero-order valence-corrected chi connectivity index (χ0v) is 12.6. The Hall–Kier alpha value is -0.640. The molecule has 1 aromatic rings. The van der Waals surface area contributed by atoms with E-state index < -0.39 is 0 Å². The second-order valence-corrected chi connectivity index (χ2v) is 5.04. The van der Waals surface area contributed by atoms with Crippen molar-refractivity contribution < 1.29 is 9.13 Å². The molecule has 0 saturated heterocycles. The maximum absolute atomic E-state index is 13.9. The molecule has 2 unspecified atom stereocenters. The minimum atomic E-state index is -0.248. The third kappa shape index (κ3) is 4.75. The summed E-state index contributed by atoms with van der Waals surface area (Å²) in [6.07, 6.45) is 2.59. The van der Waals surface area contributed by atoms with Gasteiger partial charge in [0.1, 0.15) is 5.82 Å². The van der Waals surface area contributed by atoms with E-state index in [1.807, 2.05) is 6.92 Å². The van der Waals surface area contributed by atoms with Crippen molar-refractivity contribution in [3.05, 3.63) is 34.6 Å². The molecule has 0 heterocycles. The highest BCUT2D eigenvalue weighted by atomic mass is 35.5. The number of rotatable bonds is 8. The highest BCUT2D eigenvalue weighted by Crippen LogP contribution is 2.22. The molecule has 0 amide bonds. The Labute approximate surface area is 120 Å². The van der Waals surface area contributed by atoms with E-state index in [0.717, 1.165) is 19.4 Å². The molecule has 2 nitrogen and oxygen atoms in total. The summed E-state index contributed by atoms with van der Waals surface area (Å²) in [7, 11) is 1.70. The minimum Gasteiger partial charge on any atom is -0.380 e. The molecule has 0 radical (unpaired) electrons. The number of hydrogen-bond donors (Lipinski definition) is 1. The van der Waals surface area contributed by atoms with Gasteiger partial charge in [-0.15, -0.1) is 0 Å². The van der Waals surface area contributed by atoms with Crippen molar-refractivity contribution in [3.8, 4) is 0 Å². The third-order valence-electron chi connectivity index (χ3n) is 3.28. The predicted octanol–water partition coefficient (Wildman–Crippen LogP) is 3.81. The first-order valence-corrected chi connectivity index (χ1v) is 7.20. The zero-order chi connectivity index (χ0) is 14.3. The number of likely N-dealkylation sites (N-methyl/N-ethyl adjacent to an activating group) is 1. The smallest absolute Gasteiger partial charge is 0.127 e. The van der Waals surface area contributed by atoms with E-state index in [9.17, 15) is 4.39 Å². The van der Waals surface area contributed by atoms with Gasteiger partial charge < -0.3 is 10.1 Å². The molecule has 0 bridgehead atoms. The van der Waals surface area contributed by atoms with Crippen molar-refractivity contribution >= 4 is 11.6 Å². The van der Waals surface area contributed by atoms with Crippen molar-refractivity contribution in [1.29, 1.82) is 0 Å². The van der Waals surface area contributed by atoms with Crippen LogP contribution in [0.3, 0.4) is 0 Å². The first-order valence-electron chi connectivity index (χ1n) is 6.83. The van der Waals surface area contributed by atoms with Gasteiger partial charge in [-0.05, 0) is 31.5 Å². The van der Waals surface area contributed by atoms with Crippen molar-refractivity contribution in [3.63, 3.8) is 0 Å². The molecule has 1 rings (SSSR count). The van der Waals surface area contributed by atoms with E-state index in [4.69, 9.17) is 16.3 Å². The van der Waals surface area contributed by atoms with E-state index >= 15 is 0 Å². The van der Waals surface area contributed by atoms with Crippen LogP contribution < -0.4 is 5.32 Å². The average molecular weight is 288 g/mol. The maximum atomic E-state index is 13.9. The van der Waals surface area contributed by atoms with Crippen LogP contribution in [0, 0.1) is 5.82 Å². The van der Waals surface area contributed by atoms with E-state index in [-0.39, 0.29) is 18.0 Å². The first-order chi connectivity index (χ1) is 9.13. The Balaban J connectivity index is 2.88. The molecule has 0 fully saturated rings. The molecule has 1 N–H and O–H groups in total. The Bertz CT molecular complexity index is 366. The lowest BCUT2D eigenvalue weighted by Gasteiger charge is -2.27. The van der Waals surface area contributed by atoms with E-state index in [1.165, 1.54) is 6.07 Å². The molecule has 19 heavy (non-hydrogen) atoms. The maximum Gasteiger partial charge on any atom is 0.127 e. The van der Waals surface area contributed by atoms with Gasteiger partial charge in [-0.25, -0.2) is 4.39 Å². The van der Waals surface area contributed by atoms with Crippen molar-refractivity contribution in [2.75, 3.05) is 13.7 Å². The standard InChI is InChI=1S/C15H23ClFNO/c1-4-7-15(19-3)14(18-5-2)10-11-12(16)8-6-9-13(11)17/h6,8-9,14-15,18H,4-5,7,10H2,1-3H3. The normalized spacial score (nSPS) is 14.4. The number of hydrogen-bond acceptors (Lipinski definition) is 2. The van der Waals surface area contributed by atoms with Gasteiger partial charge >= 0.3 is 0 Å². The van der Waals surface area contributed by atoms with Crippen LogP contribution in [-0.2, 0) is 11.2 Å². The van der Waals surface area contributed by atoms with Gasteiger partial charge in [-0.3, -0.25) is 0 Å². The number of methoxy groups -OCH3 is 1. The van der Waals surface area contributed by atoms with Crippen LogP contribution in [0.25, 0.3) is 0 Å². The summed E-state index contributed by atoms with van der Waals surface area (Å²) >= 11 is 6.09. The van der Waals surface area contributed by atoms with E-state index in [0.29, 0.717) is 17.0 Å². The number of benzene rings is 1. The fraction of sp³-hybridized carbons (Fsp3) is 0.600. The highest BCUT2D eigenvalue weighted by molar-refractivity contribution is 6.31.